The number of furan rings is 1. The number of nitrogens with one attached hydrogen (secondary N) is 1. The first kappa shape index (κ1) is 15.0. The van der Waals surface area contributed by atoms with E-state index in [0.29, 0.717) is 12.3 Å². The van der Waals surface area contributed by atoms with Gasteiger partial charge in [-0.3, -0.25) is 0 Å². The van der Waals surface area contributed by atoms with Crippen molar-refractivity contribution in [2.45, 2.75) is 19.1 Å². The fourth-order valence-corrected chi connectivity index (χ4v) is 3.25. The molecule has 0 aliphatic heterocycles. The Morgan fingerprint density at radius 2 is 2.14 bits per heavy atom. The van der Waals surface area contributed by atoms with Crippen LogP contribution in [0.4, 0.5) is 0 Å². The molecule has 0 amide bonds. The van der Waals surface area contributed by atoms with Crippen molar-refractivity contribution in [2.75, 3.05) is 6.54 Å². The number of rotatable bonds is 6. The highest BCUT2D eigenvalue weighted by molar-refractivity contribution is 7.17. The van der Waals surface area contributed by atoms with Crippen LogP contribution in [-0.2, 0) is 0 Å². The molecule has 0 aliphatic rings. The summed E-state index contributed by atoms with van der Waals surface area (Å²) < 4.78 is 6.49. The van der Waals surface area contributed by atoms with E-state index >= 15 is 0 Å². The third-order valence-electron chi connectivity index (χ3n) is 3.58. The molecule has 2 heterocycles. The lowest BCUT2D eigenvalue weighted by molar-refractivity contribution is 0.146. The molecule has 0 saturated heterocycles. The number of hydrogen-bond donors (Lipinski definition) is 2. The first-order chi connectivity index (χ1) is 10.7. The summed E-state index contributed by atoms with van der Waals surface area (Å²) in [6.45, 7) is 2.53. The van der Waals surface area contributed by atoms with Crippen molar-refractivity contribution in [3.63, 3.8) is 0 Å². The zero-order valence-electron chi connectivity index (χ0n) is 12.4. The van der Waals surface area contributed by atoms with Crippen LogP contribution in [0.3, 0.4) is 0 Å². The number of aliphatic hydroxyl groups excluding tert-OH is 1. The molecule has 3 rings (SSSR count). The zero-order chi connectivity index (χ0) is 15.4. The summed E-state index contributed by atoms with van der Waals surface area (Å²) in [5, 5.41) is 16.7. The second-order valence-electron chi connectivity index (χ2n) is 5.27. The molecule has 0 fully saturated rings. The number of benzene rings is 1. The van der Waals surface area contributed by atoms with Crippen molar-refractivity contribution in [2.24, 2.45) is 0 Å². The maximum absolute atomic E-state index is 9.97. The predicted molar refractivity (Wildman–Crippen MR) is 92.0 cm³/mol. The van der Waals surface area contributed by atoms with Crippen molar-refractivity contribution in [1.29, 1.82) is 0 Å². The van der Waals surface area contributed by atoms with E-state index in [-0.39, 0.29) is 6.04 Å². The molecule has 2 atom stereocenters. The second-order valence-corrected chi connectivity index (χ2v) is 6.19. The molecule has 22 heavy (non-hydrogen) atoms. The van der Waals surface area contributed by atoms with E-state index in [9.17, 15) is 5.11 Å². The van der Waals surface area contributed by atoms with Gasteiger partial charge in [0.2, 0.25) is 0 Å². The second kappa shape index (κ2) is 6.92. The minimum atomic E-state index is -0.618. The molecular weight excluding hydrogens is 294 g/mol. The van der Waals surface area contributed by atoms with Crippen molar-refractivity contribution in [3.05, 3.63) is 65.4 Å². The third-order valence-corrected chi connectivity index (χ3v) is 4.56. The van der Waals surface area contributed by atoms with Crippen LogP contribution >= 0.6 is 11.3 Å². The van der Waals surface area contributed by atoms with Gasteiger partial charge in [-0.15, -0.1) is 11.3 Å². The summed E-state index contributed by atoms with van der Waals surface area (Å²) in [5.41, 5.74) is 1.24. The van der Waals surface area contributed by atoms with E-state index in [2.05, 4.69) is 54.0 Å². The first-order valence-corrected chi connectivity index (χ1v) is 8.21. The Kier molecular flexibility index (Phi) is 4.73. The van der Waals surface area contributed by atoms with Gasteiger partial charge in [0.1, 0.15) is 11.9 Å². The first-order valence-electron chi connectivity index (χ1n) is 7.33. The Hall–Kier alpha value is -1.88. The van der Waals surface area contributed by atoms with Gasteiger partial charge in [0.05, 0.1) is 6.26 Å². The number of thiophene rings is 1. The van der Waals surface area contributed by atoms with Gasteiger partial charge < -0.3 is 14.8 Å². The Labute approximate surface area is 133 Å². The summed E-state index contributed by atoms with van der Waals surface area (Å²) >= 11 is 1.76. The average molecular weight is 313 g/mol. The van der Waals surface area contributed by atoms with E-state index in [1.807, 2.05) is 0 Å². The lowest BCUT2D eigenvalue weighted by Gasteiger charge is -2.12. The maximum Gasteiger partial charge on any atom is 0.133 e. The van der Waals surface area contributed by atoms with Gasteiger partial charge >= 0.3 is 0 Å². The average Bonchev–Trinajstić information content (AvgIpc) is 3.20. The van der Waals surface area contributed by atoms with E-state index < -0.39 is 6.10 Å². The van der Waals surface area contributed by atoms with Crippen LogP contribution in [0.5, 0.6) is 0 Å². The topological polar surface area (TPSA) is 45.4 Å². The minimum absolute atomic E-state index is 0.170. The van der Waals surface area contributed by atoms with Crippen LogP contribution in [0.1, 0.15) is 24.4 Å². The molecule has 2 aromatic heterocycles. The molecule has 3 aromatic rings. The van der Waals surface area contributed by atoms with Crippen LogP contribution in [-0.4, -0.2) is 17.7 Å². The van der Waals surface area contributed by atoms with E-state index in [1.54, 1.807) is 29.7 Å². The van der Waals surface area contributed by atoms with Crippen LogP contribution in [0.25, 0.3) is 16.2 Å². The van der Waals surface area contributed by atoms with Gasteiger partial charge in [0.15, 0.2) is 0 Å². The molecule has 0 radical (unpaired) electrons. The monoisotopic (exact) mass is 313 g/mol. The van der Waals surface area contributed by atoms with Crippen molar-refractivity contribution in [3.8, 4) is 0 Å². The standard InChI is InChI=1S/C18H19NO2S/c1-13(19-11-16(20)17-6-4-10-21-17)8-9-14-12-22-18-7-3-2-5-15(14)18/h2-10,12-13,16,19-20H,11H2,1H3/b9-8+. The number of fused-ring (bicyclic) bond motifs is 1. The van der Waals surface area contributed by atoms with Crippen LogP contribution in [0.2, 0.25) is 0 Å². The fraction of sp³-hybridized carbons (Fsp3) is 0.222. The quantitative estimate of drug-likeness (QED) is 0.716. The third kappa shape index (κ3) is 3.47. The van der Waals surface area contributed by atoms with E-state index in [0.717, 1.165) is 0 Å². The van der Waals surface area contributed by atoms with E-state index in [1.165, 1.54) is 15.6 Å². The molecule has 2 N–H and O–H groups in total. The lowest BCUT2D eigenvalue weighted by atomic mass is 10.1. The maximum atomic E-state index is 9.97. The summed E-state index contributed by atoms with van der Waals surface area (Å²) in [7, 11) is 0. The molecule has 114 valence electrons. The Morgan fingerprint density at radius 1 is 1.27 bits per heavy atom. The molecule has 1 aromatic carbocycles. The summed E-state index contributed by atoms with van der Waals surface area (Å²) in [4.78, 5) is 0. The SMILES string of the molecule is CC(/C=C/c1csc2ccccc12)NCC(O)c1ccco1. The number of hydrogen-bond acceptors (Lipinski definition) is 4. The highest BCUT2D eigenvalue weighted by Crippen LogP contribution is 2.26. The molecule has 3 nitrogen and oxygen atoms in total. The Balaban J connectivity index is 1.58. The molecule has 0 spiro atoms. The van der Waals surface area contributed by atoms with Crippen molar-refractivity contribution >= 4 is 27.5 Å². The van der Waals surface area contributed by atoms with E-state index in [4.69, 9.17) is 4.42 Å². The minimum Gasteiger partial charge on any atom is -0.467 e. The summed E-state index contributed by atoms with van der Waals surface area (Å²) in [6.07, 6.45) is 5.20. The molecule has 0 aliphatic carbocycles. The predicted octanol–water partition coefficient (Wildman–Crippen LogP) is 4.22. The van der Waals surface area contributed by atoms with Gasteiger partial charge in [-0.25, -0.2) is 0 Å². The molecule has 0 bridgehead atoms. The van der Waals surface area contributed by atoms with Gasteiger partial charge in [-0.1, -0.05) is 30.4 Å². The fourth-order valence-electron chi connectivity index (χ4n) is 2.32. The Morgan fingerprint density at radius 3 is 2.95 bits per heavy atom. The normalized spacial score (nSPS) is 14.6. The summed E-state index contributed by atoms with van der Waals surface area (Å²) in [5.74, 6) is 0.590. The van der Waals surface area contributed by atoms with Crippen LogP contribution < -0.4 is 5.32 Å². The number of aliphatic hydroxyl groups is 1. The molecule has 4 heteroatoms. The molecule has 0 saturated carbocycles. The highest BCUT2D eigenvalue weighted by atomic mass is 32.1. The lowest BCUT2D eigenvalue weighted by Crippen LogP contribution is -2.28. The van der Waals surface area contributed by atoms with Gasteiger partial charge in [-0.2, -0.15) is 0 Å². The summed E-state index contributed by atoms with van der Waals surface area (Å²) in [6, 6.07) is 12.1. The smallest absolute Gasteiger partial charge is 0.133 e. The Bertz CT molecular complexity index is 745. The molecular formula is C18H19NO2S. The van der Waals surface area contributed by atoms with Crippen molar-refractivity contribution < 1.29 is 9.52 Å². The highest BCUT2D eigenvalue weighted by Gasteiger charge is 2.10. The van der Waals surface area contributed by atoms with Crippen molar-refractivity contribution in [1.82, 2.24) is 5.32 Å². The van der Waals surface area contributed by atoms with Gasteiger partial charge in [-0.05, 0) is 41.5 Å². The molecule has 2 unspecified atom stereocenters. The van der Waals surface area contributed by atoms with Gasteiger partial charge in [0.25, 0.3) is 0 Å². The zero-order valence-corrected chi connectivity index (χ0v) is 13.2. The van der Waals surface area contributed by atoms with Crippen LogP contribution in [0, 0.1) is 0 Å². The van der Waals surface area contributed by atoms with Gasteiger partial charge in [0, 0.05) is 17.3 Å². The van der Waals surface area contributed by atoms with Crippen LogP contribution in [0.15, 0.2) is 58.5 Å². The largest absolute Gasteiger partial charge is 0.467 e.